The van der Waals surface area contributed by atoms with Gasteiger partial charge in [0, 0.05) is 6.54 Å². The van der Waals surface area contributed by atoms with Crippen LogP contribution in [0.2, 0.25) is 0 Å². The van der Waals surface area contributed by atoms with Crippen molar-refractivity contribution in [3.63, 3.8) is 0 Å². The van der Waals surface area contributed by atoms with E-state index < -0.39 is 0 Å². The largest absolute Gasteiger partial charge is 0.369 e. The summed E-state index contributed by atoms with van der Waals surface area (Å²) in [7, 11) is 0. The molecule has 1 unspecified atom stereocenters. The first kappa shape index (κ1) is 14.7. The maximum Gasteiger partial charge on any atom is 0.246 e. The Labute approximate surface area is 97.5 Å². The Bertz CT molecular complexity index is 183. The minimum absolute atomic E-state index is 0.00741. The van der Waals surface area contributed by atoms with Crippen LogP contribution in [0, 0.1) is 5.92 Å². The zero-order valence-electron chi connectivity index (χ0n) is 10.0. The average Bonchev–Trinajstić information content (AvgIpc) is 2.10. The molecule has 1 atom stereocenters. The van der Waals surface area contributed by atoms with Gasteiger partial charge < -0.3 is 10.1 Å². The smallest absolute Gasteiger partial charge is 0.246 e. The van der Waals surface area contributed by atoms with E-state index in [0.29, 0.717) is 12.5 Å². The van der Waals surface area contributed by atoms with E-state index in [2.05, 4.69) is 19.2 Å². The fourth-order valence-corrected chi connectivity index (χ4v) is 1.55. The number of hydrogen-bond donors (Lipinski definition) is 1. The summed E-state index contributed by atoms with van der Waals surface area (Å²) in [5.41, 5.74) is 0. The van der Waals surface area contributed by atoms with Crippen molar-refractivity contribution in [1.82, 2.24) is 5.32 Å². The van der Waals surface area contributed by atoms with E-state index in [4.69, 9.17) is 16.3 Å². The standard InChI is InChI=1S/C11H22ClNO2/c1-8(2)5-10(12)6-13-11(14)7-15-9(3)4/h8-10H,5-7H2,1-4H3,(H,13,14). The minimum atomic E-state index is -0.0990. The normalized spacial score (nSPS) is 13.3. The number of ether oxygens (including phenoxy) is 1. The molecule has 0 saturated carbocycles. The van der Waals surface area contributed by atoms with E-state index in [0.717, 1.165) is 6.42 Å². The third kappa shape index (κ3) is 10.0. The van der Waals surface area contributed by atoms with Crippen LogP contribution in [0.5, 0.6) is 0 Å². The van der Waals surface area contributed by atoms with Crippen LogP contribution < -0.4 is 5.32 Å². The van der Waals surface area contributed by atoms with E-state index in [1.54, 1.807) is 0 Å². The molecule has 90 valence electrons. The first-order valence-corrected chi connectivity index (χ1v) is 5.87. The van der Waals surface area contributed by atoms with E-state index in [1.807, 2.05) is 13.8 Å². The Kier molecular flexibility index (Phi) is 7.79. The number of halogens is 1. The molecule has 0 spiro atoms. The third-order valence-corrected chi connectivity index (χ3v) is 2.13. The van der Waals surface area contributed by atoms with Crippen LogP contribution >= 0.6 is 11.6 Å². The maximum atomic E-state index is 11.2. The van der Waals surface area contributed by atoms with Gasteiger partial charge in [-0.1, -0.05) is 13.8 Å². The first-order valence-electron chi connectivity index (χ1n) is 5.44. The fraction of sp³-hybridized carbons (Fsp3) is 0.909. The lowest BCUT2D eigenvalue weighted by atomic mass is 10.1. The first-order chi connectivity index (χ1) is 6.91. The maximum absolute atomic E-state index is 11.2. The fourth-order valence-electron chi connectivity index (χ4n) is 1.11. The highest BCUT2D eigenvalue weighted by Gasteiger charge is 2.09. The van der Waals surface area contributed by atoms with Crippen molar-refractivity contribution >= 4 is 17.5 Å². The predicted octanol–water partition coefficient (Wildman–Crippen LogP) is 2.18. The van der Waals surface area contributed by atoms with Gasteiger partial charge in [0.1, 0.15) is 6.61 Å². The molecule has 0 rings (SSSR count). The molecule has 4 heteroatoms. The molecule has 0 saturated heterocycles. The molecule has 3 nitrogen and oxygen atoms in total. The number of alkyl halides is 1. The van der Waals surface area contributed by atoms with Crippen LogP contribution in [0.25, 0.3) is 0 Å². The molecule has 0 aromatic rings. The summed E-state index contributed by atoms with van der Waals surface area (Å²) in [6, 6.07) is 0. The van der Waals surface area contributed by atoms with Gasteiger partial charge in [0.25, 0.3) is 0 Å². The molecule has 0 aromatic heterocycles. The molecule has 0 bridgehead atoms. The van der Waals surface area contributed by atoms with Crippen LogP contribution in [-0.2, 0) is 9.53 Å². The lowest BCUT2D eigenvalue weighted by Gasteiger charge is -2.13. The molecule has 0 aliphatic heterocycles. The number of hydrogen-bond acceptors (Lipinski definition) is 2. The molecule has 0 radical (unpaired) electrons. The second-order valence-corrected chi connectivity index (χ2v) is 5.01. The Balaban J connectivity index is 3.53. The summed E-state index contributed by atoms with van der Waals surface area (Å²) < 4.78 is 5.16. The third-order valence-electron chi connectivity index (χ3n) is 1.80. The van der Waals surface area contributed by atoms with Gasteiger partial charge in [0.05, 0.1) is 11.5 Å². The molecule has 15 heavy (non-hydrogen) atoms. The quantitative estimate of drug-likeness (QED) is 0.687. The Morgan fingerprint density at radius 1 is 1.33 bits per heavy atom. The molecular weight excluding hydrogens is 214 g/mol. The van der Waals surface area contributed by atoms with Crippen molar-refractivity contribution in [2.45, 2.75) is 45.6 Å². The second kappa shape index (κ2) is 7.94. The molecule has 0 aliphatic rings. The molecule has 0 fully saturated rings. The van der Waals surface area contributed by atoms with Crippen molar-refractivity contribution < 1.29 is 9.53 Å². The summed E-state index contributed by atoms with van der Waals surface area (Å²) >= 11 is 6.03. The van der Waals surface area contributed by atoms with Gasteiger partial charge in [0.2, 0.25) is 5.91 Å². The number of carbonyl (C=O) groups is 1. The van der Waals surface area contributed by atoms with Crippen molar-refractivity contribution in [2.24, 2.45) is 5.92 Å². The molecule has 0 aliphatic carbocycles. The van der Waals surface area contributed by atoms with E-state index in [-0.39, 0.29) is 24.0 Å². The van der Waals surface area contributed by atoms with Crippen molar-refractivity contribution in [3.8, 4) is 0 Å². The van der Waals surface area contributed by atoms with E-state index in [9.17, 15) is 4.79 Å². The molecular formula is C11H22ClNO2. The monoisotopic (exact) mass is 235 g/mol. The predicted molar refractivity (Wildman–Crippen MR) is 63.2 cm³/mol. The number of amides is 1. The van der Waals surface area contributed by atoms with Crippen LogP contribution in [0.1, 0.15) is 34.1 Å². The summed E-state index contributed by atoms with van der Waals surface area (Å²) in [6.07, 6.45) is 0.991. The zero-order chi connectivity index (χ0) is 11.8. The SMILES string of the molecule is CC(C)CC(Cl)CNC(=O)COC(C)C. The number of carbonyl (C=O) groups excluding carboxylic acids is 1. The summed E-state index contributed by atoms with van der Waals surface area (Å²) in [5, 5.41) is 2.75. The van der Waals surface area contributed by atoms with E-state index in [1.165, 1.54) is 0 Å². The lowest BCUT2D eigenvalue weighted by molar-refractivity contribution is -0.127. The molecule has 1 amide bonds. The summed E-state index contributed by atoms with van der Waals surface area (Å²) in [5.74, 6) is 0.453. The average molecular weight is 236 g/mol. The van der Waals surface area contributed by atoms with Crippen molar-refractivity contribution in [3.05, 3.63) is 0 Å². The highest BCUT2D eigenvalue weighted by Crippen LogP contribution is 2.09. The van der Waals surface area contributed by atoms with Gasteiger partial charge in [-0.3, -0.25) is 4.79 Å². The molecule has 0 aromatic carbocycles. The Hall–Kier alpha value is -0.280. The van der Waals surface area contributed by atoms with E-state index >= 15 is 0 Å². The van der Waals surface area contributed by atoms with Crippen LogP contribution in [0.15, 0.2) is 0 Å². The second-order valence-electron chi connectivity index (χ2n) is 4.39. The zero-order valence-corrected chi connectivity index (χ0v) is 10.8. The topological polar surface area (TPSA) is 38.3 Å². The lowest BCUT2D eigenvalue weighted by Crippen LogP contribution is -2.33. The molecule has 0 heterocycles. The van der Waals surface area contributed by atoms with Crippen LogP contribution in [0.3, 0.4) is 0 Å². The summed E-state index contributed by atoms with van der Waals surface area (Å²) in [6.45, 7) is 8.65. The highest BCUT2D eigenvalue weighted by atomic mass is 35.5. The minimum Gasteiger partial charge on any atom is -0.369 e. The van der Waals surface area contributed by atoms with Gasteiger partial charge in [-0.15, -0.1) is 11.6 Å². The van der Waals surface area contributed by atoms with Gasteiger partial charge in [-0.25, -0.2) is 0 Å². The number of rotatable bonds is 7. The van der Waals surface area contributed by atoms with Crippen molar-refractivity contribution in [1.29, 1.82) is 0 Å². The highest BCUT2D eigenvalue weighted by molar-refractivity contribution is 6.20. The molecule has 1 N–H and O–H groups in total. The van der Waals surface area contributed by atoms with Crippen molar-refractivity contribution in [2.75, 3.05) is 13.2 Å². The van der Waals surface area contributed by atoms with Gasteiger partial charge in [-0.05, 0) is 26.2 Å². The van der Waals surface area contributed by atoms with Crippen LogP contribution in [0.4, 0.5) is 0 Å². The Morgan fingerprint density at radius 2 is 1.93 bits per heavy atom. The van der Waals surface area contributed by atoms with Crippen LogP contribution in [-0.4, -0.2) is 30.5 Å². The van der Waals surface area contributed by atoms with Gasteiger partial charge >= 0.3 is 0 Å². The van der Waals surface area contributed by atoms with Gasteiger partial charge in [0.15, 0.2) is 0 Å². The number of nitrogens with one attached hydrogen (secondary N) is 1. The summed E-state index contributed by atoms with van der Waals surface area (Å²) in [4.78, 5) is 11.2. The van der Waals surface area contributed by atoms with Gasteiger partial charge in [-0.2, -0.15) is 0 Å². The Morgan fingerprint density at radius 3 is 2.40 bits per heavy atom.